The van der Waals surface area contributed by atoms with Crippen molar-refractivity contribution in [3.05, 3.63) is 30.3 Å². The molecule has 1 saturated heterocycles. The van der Waals surface area contributed by atoms with Crippen molar-refractivity contribution in [1.29, 1.82) is 0 Å². The molecule has 0 radical (unpaired) electrons. The van der Waals surface area contributed by atoms with Crippen LogP contribution in [0.3, 0.4) is 0 Å². The second kappa shape index (κ2) is 10.7. The van der Waals surface area contributed by atoms with Gasteiger partial charge in [0, 0.05) is 38.3 Å². The van der Waals surface area contributed by atoms with Crippen LogP contribution in [0.4, 0.5) is 5.69 Å². The molecule has 1 aromatic rings. The van der Waals surface area contributed by atoms with Crippen molar-refractivity contribution in [2.45, 2.75) is 97.2 Å². The summed E-state index contributed by atoms with van der Waals surface area (Å²) in [7, 11) is 0. The number of piperazine rings is 1. The van der Waals surface area contributed by atoms with Gasteiger partial charge in [0.05, 0.1) is 12.2 Å². The van der Waals surface area contributed by atoms with Crippen LogP contribution in [0.25, 0.3) is 0 Å². The highest BCUT2D eigenvalue weighted by atomic mass is 16.3. The summed E-state index contributed by atoms with van der Waals surface area (Å²) in [6.07, 6.45) is 10.1. The fourth-order valence-corrected chi connectivity index (χ4v) is 10.7. The van der Waals surface area contributed by atoms with Crippen LogP contribution in [0, 0.1) is 46.3 Å². The number of hydrogen-bond donors (Lipinski definition) is 2. The number of fused-ring (bicyclic) bond motifs is 5. The summed E-state index contributed by atoms with van der Waals surface area (Å²) in [4.78, 5) is 17.7. The van der Waals surface area contributed by atoms with Gasteiger partial charge in [-0.1, -0.05) is 39.0 Å². The summed E-state index contributed by atoms with van der Waals surface area (Å²) in [6, 6.07) is 10.5. The van der Waals surface area contributed by atoms with E-state index < -0.39 is 0 Å². The fraction of sp³-hybridized carbons (Fsp3) is 0.794. The molecule has 1 aromatic carbocycles. The molecule has 216 valence electrons. The summed E-state index contributed by atoms with van der Waals surface area (Å²) >= 11 is 0. The van der Waals surface area contributed by atoms with Gasteiger partial charge in [-0.3, -0.25) is 4.79 Å². The topological polar surface area (TPSA) is 64.0 Å². The van der Waals surface area contributed by atoms with Crippen molar-refractivity contribution >= 4 is 11.6 Å². The quantitative estimate of drug-likeness (QED) is 0.504. The number of anilines is 1. The number of carbonyl (C=O) groups is 1. The minimum Gasteiger partial charge on any atom is -0.393 e. The van der Waals surface area contributed by atoms with Gasteiger partial charge in [-0.15, -0.1) is 0 Å². The van der Waals surface area contributed by atoms with Crippen LogP contribution in [0.15, 0.2) is 30.3 Å². The van der Waals surface area contributed by atoms with Gasteiger partial charge in [0.2, 0.25) is 5.91 Å². The molecule has 0 spiro atoms. The Hall–Kier alpha value is -1.59. The van der Waals surface area contributed by atoms with E-state index in [0.717, 1.165) is 64.2 Å². The normalized spacial score (nSPS) is 42.8. The van der Waals surface area contributed by atoms with Gasteiger partial charge >= 0.3 is 0 Å². The van der Waals surface area contributed by atoms with E-state index in [0.29, 0.717) is 41.9 Å². The van der Waals surface area contributed by atoms with Crippen LogP contribution in [0.5, 0.6) is 0 Å². The van der Waals surface area contributed by atoms with Crippen LogP contribution in [-0.2, 0) is 4.79 Å². The first-order valence-electron chi connectivity index (χ1n) is 16.2. The molecule has 1 heterocycles. The first-order valence-corrected chi connectivity index (χ1v) is 16.2. The maximum absolute atomic E-state index is 13.2. The summed E-state index contributed by atoms with van der Waals surface area (Å²) in [6.45, 7) is 10.7. The maximum Gasteiger partial charge on any atom is 0.222 e. The van der Waals surface area contributed by atoms with Crippen molar-refractivity contribution in [3.8, 4) is 0 Å². The number of nitrogens with zero attached hydrogens (tertiary/aromatic N) is 2. The van der Waals surface area contributed by atoms with Crippen LogP contribution in [0.2, 0.25) is 0 Å². The number of amides is 1. The molecule has 5 aliphatic rings. The third kappa shape index (κ3) is 4.74. The average Bonchev–Trinajstić information content (AvgIpc) is 3.32. The molecule has 4 saturated carbocycles. The lowest BCUT2D eigenvalue weighted by Crippen LogP contribution is -2.58. The molecule has 0 unspecified atom stereocenters. The standard InChI is InChI=1S/C34H52N2O3/c1-23(9-14-32(39)36-19-17-35(18-20-36)25-7-5-4-6-8-25)28-12-13-29-27-11-10-24-21-26(37)15-16-33(24,2)30(27)22-31(38)34(28,29)3/h4-8,23-24,26-31,37-38H,9-22H2,1-3H3/t23-,24+,26-,27+,28+,29-,30-,31+,33+,34-/m1/s1. The van der Waals surface area contributed by atoms with E-state index in [4.69, 9.17) is 0 Å². The van der Waals surface area contributed by atoms with Gasteiger partial charge in [-0.25, -0.2) is 0 Å². The number of rotatable bonds is 5. The lowest BCUT2D eigenvalue weighted by molar-refractivity contribution is -0.175. The van der Waals surface area contributed by atoms with Gasteiger partial charge in [-0.05, 0) is 116 Å². The molecule has 0 bridgehead atoms. The molecular formula is C34H52N2O3. The number of carbonyl (C=O) groups excluding carboxylic acids is 1. The van der Waals surface area contributed by atoms with Crippen molar-refractivity contribution in [2.75, 3.05) is 31.1 Å². The molecule has 4 aliphatic carbocycles. The van der Waals surface area contributed by atoms with E-state index in [1.165, 1.54) is 31.4 Å². The van der Waals surface area contributed by atoms with E-state index >= 15 is 0 Å². The molecule has 0 aromatic heterocycles. The highest BCUT2D eigenvalue weighted by molar-refractivity contribution is 5.76. The highest BCUT2D eigenvalue weighted by Gasteiger charge is 2.63. The summed E-state index contributed by atoms with van der Waals surface area (Å²) in [5, 5.41) is 22.2. The lowest BCUT2D eigenvalue weighted by atomic mass is 9.43. The van der Waals surface area contributed by atoms with Crippen LogP contribution in [-0.4, -0.2) is 59.4 Å². The SMILES string of the molecule is C[C@H](CCC(=O)N1CCN(c2ccccc2)CC1)[C@@H]1CC[C@@H]2[C@@H]3CC[C@H]4C[C@H](O)CC[C@]4(C)[C@@H]3C[C@H](O)[C@@]21C. The summed E-state index contributed by atoms with van der Waals surface area (Å²) in [5.74, 6) is 3.80. The Labute approximate surface area is 236 Å². The first kappa shape index (κ1) is 27.6. The Bertz CT molecular complexity index is 1010. The highest BCUT2D eigenvalue weighted by Crippen LogP contribution is 2.68. The number of para-hydroxylation sites is 1. The van der Waals surface area contributed by atoms with Crippen LogP contribution in [0.1, 0.15) is 85.0 Å². The van der Waals surface area contributed by atoms with E-state index in [1.54, 1.807) is 0 Å². The van der Waals surface area contributed by atoms with Crippen LogP contribution < -0.4 is 4.90 Å². The van der Waals surface area contributed by atoms with Gasteiger partial charge in [-0.2, -0.15) is 0 Å². The molecule has 39 heavy (non-hydrogen) atoms. The average molecular weight is 537 g/mol. The zero-order valence-corrected chi connectivity index (χ0v) is 24.6. The number of aliphatic hydroxyl groups excluding tert-OH is 2. The Balaban J connectivity index is 1.06. The van der Waals surface area contributed by atoms with Crippen molar-refractivity contribution < 1.29 is 15.0 Å². The largest absolute Gasteiger partial charge is 0.393 e. The summed E-state index contributed by atoms with van der Waals surface area (Å²) < 4.78 is 0. The molecule has 2 N–H and O–H groups in total. The zero-order chi connectivity index (χ0) is 27.4. The Morgan fingerprint density at radius 2 is 1.69 bits per heavy atom. The van der Waals surface area contributed by atoms with E-state index in [9.17, 15) is 15.0 Å². The second-order valence-electron chi connectivity index (χ2n) is 14.6. The minimum absolute atomic E-state index is 0.0255. The Kier molecular flexibility index (Phi) is 7.54. The van der Waals surface area contributed by atoms with E-state index in [-0.39, 0.29) is 23.0 Å². The predicted molar refractivity (Wildman–Crippen MR) is 156 cm³/mol. The monoisotopic (exact) mass is 536 g/mol. The van der Waals surface area contributed by atoms with Crippen molar-refractivity contribution in [3.63, 3.8) is 0 Å². The molecule has 1 amide bonds. The molecule has 5 fully saturated rings. The molecule has 5 heteroatoms. The van der Waals surface area contributed by atoms with Gasteiger partial charge < -0.3 is 20.0 Å². The maximum atomic E-state index is 13.2. The first-order chi connectivity index (χ1) is 18.7. The second-order valence-corrected chi connectivity index (χ2v) is 14.6. The third-order valence-electron chi connectivity index (χ3n) is 13.1. The van der Waals surface area contributed by atoms with Gasteiger partial charge in [0.25, 0.3) is 0 Å². The molecular weight excluding hydrogens is 484 g/mol. The van der Waals surface area contributed by atoms with Gasteiger partial charge in [0.15, 0.2) is 0 Å². The smallest absolute Gasteiger partial charge is 0.222 e. The Morgan fingerprint density at radius 1 is 0.949 bits per heavy atom. The van der Waals surface area contributed by atoms with Crippen LogP contribution >= 0.6 is 0 Å². The predicted octanol–water partition coefficient (Wildman–Crippen LogP) is 5.74. The molecule has 10 atom stereocenters. The third-order valence-corrected chi connectivity index (χ3v) is 13.1. The van der Waals surface area contributed by atoms with Gasteiger partial charge in [0.1, 0.15) is 0 Å². The lowest BCUT2D eigenvalue weighted by Gasteiger charge is -2.62. The molecule has 6 rings (SSSR count). The number of hydrogen-bond acceptors (Lipinski definition) is 4. The number of aliphatic hydroxyl groups is 2. The number of benzene rings is 1. The molecule has 5 nitrogen and oxygen atoms in total. The Morgan fingerprint density at radius 3 is 2.44 bits per heavy atom. The molecule has 1 aliphatic heterocycles. The minimum atomic E-state index is -0.247. The fourth-order valence-electron chi connectivity index (χ4n) is 10.7. The van der Waals surface area contributed by atoms with Crippen molar-refractivity contribution in [1.82, 2.24) is 4.90 Å². The summed E-state index contributed by atoms with van der Waals surface area (Å²) in [5.41, 5.74) is 1.51. The van der Waals surface area contributed by atoms with E-state index in [2.05, 4.69) is 60.9 Å². The van der Waals surface area contributed by atoms with E-state index in [1.807, 2.05) is 0 Å². The zero-order valence-electron chi connectivity index (χ0n) is 24.6. The van der Waals surface area contributed by atoms with Crippen molar-refractivity contribution in [2.24, 2.45) is 46.3 Å².